The number of carbonyl (C=O) groups excluding carboxylic acids is 2. The van der Waals surface area contributed by atoms with Crippen LogP contribution in [0.5, 0.6) is 0 Å². The van der Waals surface area contributed by atoms with Crippen LogP contribution in [-0.4, -0.2) is 71.2 Å². The zero-order chi connectivity index (χ0) is 30.7. The number of benzene rings is 2. The summed E-state index contributed by atoms with van der Waals surface area (Å²) in [5.41, 5.74) is 2.85. The zero-order valence-corrected chi connectivity index (χ0v) is 22.9. The molecule has 3 N–H and O–H groups in total. The second-order valence-electron chi connectivity index (χ2n) is 8.95. The third-order valence-corrected chi connectivity index (χ3v) is 5.98. The normalized spacial score (nSPS) is 14.4. The molecule has 2 aromatic carbocycles. The van der Waals surface area contributed by atoms with Crippen LogP contribution in [0.25, 0.3) is 0 Å². The fourth-order valence-corrected chi connectivity index (χ4v) is 4.14. The number of carboxylic acid groups (broad SMARTS) is 2. The van der Waals surface area contributed by atoms with Gasteiger partial charge in [0.05, 0.1) is 29.1 Å². The number of carboxylic acids is 2. The van der Waals surface area contributed by atoms with Crippen LogP contribution in [0.15, 0.2) is 77.1 Å². The quantitative estimate of drug-likeness (QED) is 0.174. The number of rotatable bonds is 9. The number of non-ortho nitro benzene ring substituents is 1. The molecule has 3 rings (SSSR count). The summed E-state index contributed by atoms with van der Waals surface area (Å²) in [6.07, 6.45) is 0. The maximum atomic E-state index is 13.3. The van der Waals surface area contributed by atoms with Crippen molar-refractivity contribution in [1.82, 2.24) is 10.2 Å². The minimum Gasteiger partial charge on any atom is -0.473 e. The summed E-state index contributed by atoms with van der Waals surface area (Å²) in [6, 6.07) is 15.8. The largest absolute Gasteiger partial charge is 0.473 e. The Morgan fingerprint density at radius 2 is 1.54 bits per heavy atom. The van der Waals surface area contributed by atoms with Gasteiger partial charge in [-0.1, -0.05) is 42.5 Å². The molecule has 2 aromatic rings. The fourth-order valence-electron chi connectivity index (χ4n) is 4.14. The summed E-state index contributed by atoms with van der Waals surface area (Å²) < 4.78 is 10.6. The van der Waals surface area contributed by atoms with Crippen molar-refractivity contribution in [2.45, 2.75) is 26.3 Å². The van der Waals surface area contributed by atoms with Crippen molar-refractivity contribution in [2.75, 3.05) is 27.3 Å². The number of nitrogens with one attached hydrogen (secondary N) is 1. The Hall–Kier alpha value is -5.04. The van der Waals surface area contributed by atoms with Gasteiger partial charge in [-0.15, -0.1) is 0 Å². The number of esters is 2. The summed E-state index contributed by atoms with van der Waals surface area (Å²) in [7, 11) is 3.18. The Kier molecular flexibility index (Phi) is 11.7. The smallest absolute Gasteiger partial charge is 0.414 e. The van der Waals surface area contributed by atoms with Crippen molar-refractivity contribution in [3.63, 3.8) is 0 Å². The van der Waals surface area contributed by atoms with E-state index in [1.165, 1.54) is 25.3 Å². The van der Waals surface area contributed by atoms with E-state index in [4.69, 9.17) is 29.3 Å². The summed E-state index contributed by atoms with van der Waals surface area (Å²) in [5, 5.41) is 29.2. The Morgan fingerprint density at radius 3 is 2.07 bits per heavy atom. The molecule has 1 unspecified atom stereocenters. The highest BCUT2D eigenvalue weighted by atomic mass is 16.6. The van der Waals surface area contributed by atoms with Crippen molar-refractivity contribution in [3.05, 3.63) is 98.4 Å². The maximum Gasteiger partial charge on any atom is 0.414 e. The lowest BCUT2D eigenvalue weighted by atomic mass is 9.80. The number of carbonyl (C=O) groups is 4. The maximum absolute atomic E-state index is 13.3. The summed E-state index contributed by atoms with van der Waals surface area (Å²) in [6.45, 7) is 4.74. The number of aliphatic carboxylic acids is 2. The molecule has 0 spiro atoms. The first-order valence-corrected chi connectivity index (χ1v) is 12.2. The van der Waals surface area contributed by atoms with E-state index in [1.54, 1.807) is 19.9 Å². The van der Waals surface area contributed by atoms with Gasteiger partial charge in [0.2, 0.25) is 0 Å². The average molecular weight is 570 g/mol. The molecule has 41 heavy (non-hydrogen) atoms. The van der Waals surface area contributed by atoms with Crippen LogP contribution in [0.2, 0.25) is 0 Å². The molecule has 0 radical (unpaired) electrons. The van der Waals surface area contributed by atoms with Crippen LogP contribution >= 0.6 is 0 Å². The first-order chi connectivity index (χ1) is 19.4. The van der Waals surface area contributed by atoms with E-state index in [0.717, 1.165) is 5.56 Å². The SMILES string of the molecule is COC(=O)C1=C(C)NC(C)=C(C(=O)OCCN(C)Cc2ccccc2)C1c1cccc([N+](=O)[O-])c1.O=C(O)C(=O)O. The Bertz CT molecular complexity index is 1360. The van der Waals surface area contributed by atoms with Crippen LogP contribution in [0, 0.1) is 10.1 Å². The number of likely N-dealkylation sites (N-methyl/N-ethyl adjacent to an activating group) is 1. The van der Waals surface area contributed by atoms with Crippen molar-refractivity contribution < 1.29 is 43.8 Å². The minimum atomic E-state index is -1.82. The minimum absolute atomic E-state index is 0.136. The number of nitro groups is 1. The lowest BCUT2D eigenvalue weighted by molar-refractivity contribution is -0.384. The van der Waals surface area contributed by atoms with E-state index < -0.39 is 34.7 Å². The third-order valence-electron chi connectivity index (χ3n) is 5.98. The molecule has 1 aliphatic heterocycles. The topological polar surface area (TPSA) is 186 Å². The van der Waals surface area contributed by atoms with Crippen molar-refractivity contribution in [1.29, 1.82) is 0 Å². The average Bonchev–Trinajstić information content (AvgIpc) is 2.93. The van der Waals surface area contributed by atoms with Gasteiger partial charge in [-0.2, -0.15) is 0 Å². The number of hydrogen-bond acceptors (Lipinski definition) is 10. The van der Waals surface area contributed by atoms with Gasteiger partial charge in [-0.3, -0.25) is 15.0 Å². The van der Waals surface area contributed by atoms with E-state index in [-0.39, 0.29) is 23.4 Å². The molecule has 0 saturated heterocycles. The van der Waals surface area contributed by atoms with Crippen LogP contribution in [0.1, 0.15) is 30.9 Å². The van der Waals surface area contributed by atoms with Gasteiger partial charge in [-0.05, 0) is 32.0 Å². The fraction of sp³-hybridized carbons (Fsp3) is 0.286. The lowest BCUT2D eigenvalue weighted by Crippen LogP contribution is -2.33. The first kappa shape index (κ1) is 32.2. The predicted molar refractivity (Wildman–Crippen MR) is 145 cm³/mol. The summed E-state index contributed by atoms with van der Waals surface area (Å²) in [4.78, 5) is 57.0. The summed E-state index contributed by atoms with van der Waals surface area (Å²) in [5.74, 6) is -5.76. The van der Waals surface area contributed by atoms with Crippen molar-refractivity contribution in [3.8, 4) is 0 Å². The van der Waals surface area contributed by atoms with Crippen LogP contribution < -0.4 is 5.32 Å². The molecule has 0 fully saturated rings. The molecule has 1 aliphatic rings. The van der Waals surface area contributed by atoms with Gasteiger partial charge in [-0.25, -0.2) is 19.2 Å². The van der Waals surface area contributed by atoms with Gasteiger partial charge in [0, 0.05) is 36.6 Å². The summed E-state index contributed by atoms with van der Waals surface area (Å²) >= 11 is 0. The molecule has 0 saturated carbocycles. The molecule has 13 heteroatoms. The van der Waals surface area contributed by atoms with E-state index in [0.29, 0.717) is 30.0 Å². The highest BCUT2D eigenvalue weighted by Gasteiger charge is 2.38. The van der Waals surface area contributed by atoms with Gasteiger partial charge in [0.15, 0.2) is 0 Å². The van der Waals surface area contributed by atoms with Crippen LogP contribution in [0.4, 0.5) is 5.69 Å². The van der Waals surface area contributed by atoms with Gasteiger partial charge >= 0.3 is 23.9 Å². The molecule has 0 aliphatic carbocycles. The molecule has 0 aromatic heterocycles. The molecular formula is C28H31N3O10. The Labute approximate surface area is 235 Å². The number of nitrogens with zero attached hydrogens (tertiary/aromatic N) is 2. The van der Waals surface area contributed by atoms with Gasteiger partial charge < -0.3 is 25.0 Å². The van der Waals surface area contributed by atoms with Crippen molar-refractivity contribution >= 4 is 29.6 Å². The highest BCUT2D eigenvalue weighted by molar-refractivity contribution is 6.27. The third kappa shape index (κ3) is 9.00. The molecule has 0 bridgehead atoms. The Morgan fingerprint density at radius 1 is 0.951 bits per heavy atom. The number of allylic oxidation sites excluding steroid dienone is 2. The second kappa shape index (κ2) is 14.9. The number of ether oxygens (including phenoxy) is 2. The lowest BCUT2D eigenvalue weighted by Gasteiger charge is -2.30. The number of dihydropyridines is 1. The molecule has 13 nitrogen and oxygen atoms in total. The zero-order valence-electron chi connectivity index (χ0n) is 22.9. The van der Waals surface area contributed by atoms with E-state index >= 15 is 0 Å². The molecule has 1 atom stereocenters. The molecular weight excluding hydrogens is 538 g/mol. The van der Waals surface area contributed by atoms with Crippen LogP contribution in [-0.2, 0) is 35.2 Å². The van der Waals surface area contributed by atoms with Gasteiger partial charge in [0.25, 0.3) is 5.69 Å². The number of hydrogen-bond donors (Lipinski definition) is 3. The molecule has 0 amide bonds. The van der Waals surface area contributed by atoms with Crippen LogP contribution in [0.3, 0.4) is 0 Å². The Balaban J connectivity index is 0.000000883. The monoisotopic (exact) mass is 569 g/mol. The van der Waals surface area contributed by atoms with E-state index in [2.05, 4.69) is 5.32 Å². The number of nitro benzene ring substituents is 1. The molecule has 1 heterocycles. The van der Waals surface area contributed by atoms with E-state index in [1.807, 2.05) is 42.3 Å². The van der Waals surface area contributed by atoms with Crippen molar-refractivity contribution in [2.24, 2.45) is 0 Å². The highest BCUT2D eigenvalue weighted by Crippen LogP contribution is 2.40. The number of methoxy groups -OCH3 is 1. The molecule has 218 valence electrons. The van der Waals surface area contributed by atoms with E-state index in [9.17, 15) is 19.7 Å². The van der Waals surface area contributed by atoms with Gasteiger partial charge in [0.1, 0.15) is 6.61 Å². The standard InChI is InChI=1S/C26H29N3O6.C2H2O4/c1-17-22(25(30)34-4)24(20-11-8-12-21(15-20)29(32)33)23(18(2)27-17)26(31)35-14-13-28(3)16-19-9-6-5-7-10-19;3-1(4)2(5)6/h5-12,15,24,27H,13-14,16H2,1-4H3;(H,3,4)(H,5,6). The first-order valence-electron chi connectivity index (χ1n) is 12.2. The second-order valence-corrected chi connectivity index (χ2v) is 8.95. The predicted octanol–water partition coefficient (Wildman–Crippen LogP) is 2.83.